The maximum atomic E-state index is 6.78. The van der Waals surface area contributed by atoms with E-state index in [1.807, 2.05) is 22.7 Å². The number of para-hydroxylation sites is 1. The second-order valence-corrected chi connectivity index (χ2v) is 11.5. The van der Waals surface area contributed by atoms with Crippen LogP contribution in [0.2, 0.25) is 0 Å². The number of aromatic nitrogens is 1. The third kappa shape index (κ3) is 2.37. The molecular formula is C31H18N2OS2. The van der Waals surface area contributed by atoms with Crippen LogP contribution in [0.5, 0.6) is 5.75 Å². The maximum absolute atomic E-state index is 6.78. The molecule has 4 heterocycles. The Morgan fingerprint density at radius 3 is 2.22 bits per heavy atom. The number of benzene rings is 5. The van der Waals surface area contributed by atoms with Gasteiger partial charge in [-0.05, 0) is 36.4 Å². The molecule has 0 bridgehead atoms. The highest BCUT2D eigenvalue weighted by molar-refractivity contribution is 7.27. The van der Waals surface area contributed by atoms with Crippen molar-refractivity contribution < 1.29 is 4.74 Å². The van der Waals surface area contributed by atoms with Gasteiger partial charge in [0.25, 0.3) is 6.35 Å². The van der Waals surface area contributed by atoms with Gasteiger partial charge in [-0.3, -0.25) is 4.57 Å². The van der Waals surface area contributed by atoms with Gasteiger partial charge in [-0.25, -0.2) is 0 Å². The smallest absolute Gasteiger partial charge is 0.255 e. The van der Waals surface area contributed by atoms with Crippen molar-refractivity contribution in [2.24, 2.45) is 0 Å². The summed E-state index contributed by atoms with van der Waals surface area (Å²) in [4.78, 5) is 0. The molecule has 0 radical (unpaired) electrons. The predicted molar refractivity (Wildman–Crippen MR) is 155 cm³/mol. The van der Waals surface area contributed by atoms with Gasteiger partial charge in [0.15, 0.2) is 5.75 Å². The molecule has 0 spiro atoms. The molecule has 5 aromatic carbocycles. The molecule has 1 atom stereocenters. The second kappa shape index (κ2) is 6.78. The van der Waals surface area contributed by atoms with Crippen LogP contribution in [0, 0.1) is 0 Å². The average molecular weight is 499 g/mol. The highest BCUT2D eigenvalue weighted by Crippen LogP contribution is 2.49. The summed E-state index contributed by atoms with van der Waals surface area (Å²) < 4.78 is 14.3. The van der Waals surface area contributed by atoms with Gasteiger partial charge < -0.3 is 10.1 Å². The fraction of sp³-hybridized carbons (Fsp3) is 0.0323. The number of fused-ring (bicyclic) bond motifs is 12. The summed E-state index contributed by atoms with van der Waals surface area (Å²) in [6.07, 6.45) is -0.321. The van der Waals surface area contributed by atoms with Crippen molar-refractivity contribution in [3.63, 3.8) is 0 Å². The first-order valence-electron chi connectivity index (χ1n) is 12.1. The molecule has 36 heavy (non-hydrogen) atoms. The normalized spacial score (nSPS) is 15.4. The van der Waals surface area contributed by atoms with Crippen molar-refractivity contribution in [3.8, 4) is 5.75 Å². The molecule has 3 nitrogen and oxygen atoms in total. The molecule has 9 rings (SSSR count). The first-order chi connectivity index (χ1) is 17.8. The Morgan fingerprint density at radius 1 is 0.583 bits per heavy atom. The number of ether oxygens (including phenoxy) is 1. The van der Waals surface area contributed by atoms with Crippen molar-refractivity contribution >= 4 is 90.5 Å². The molecule has 8 aromatic rings. The van der Waals surface area contributed by atoms with Crippen LogP contribution < -0.4 is 10.1 Å². The number of nitrogens with one attached hydrogen (secondary N) is 1. The molecule has 1 aliphatic rings. The molecule has 170 valence electrons. The van der Waals surface area contributed by atoms with Gasteiger partial charge in [0.05, 0.1) is 16.7 Å². The summed E-state index contributed by atoms with van der Waals surface area (Å²) in [6.45, 7) is 0. The molecule has 0 amide bonds. The number of nitrogens with zero attached hydrogens (tertiary/aromatic N) is 1. The monoisotopic (exact) mass is 498 g/mol. The summed E-state index contributed by atoms with van der Waals surface area (Å²) in [5.41, 5.74) is 3.41. The van der Waals surface area contributed by atoms with Gasteiger partial charge in [0.1, 0.15) is 0 Å². The minimum absolute atomic E-state index is 0.321. The topological polar surface area (TPSA) is 26.2 Å². The van der Waals surface area contributed by atoms with Gasteiger partial charge in [0.2, 0.25) is 0 Å². The first kappa shape index (κ1) is 19.2. The first-order valence-corrected chi connectivity index (χ1v) is 13.7. The van der Waals surface area contributed by atoms with Crippen molar-refractivity contribution in [1.29, 1.82) is 0 Å². The summed E-state index contributed by atoms with van der Waals surface area (Å²) in [7, 11) is 0. The van der Waals surface area contributed by atoms with Crippen LogP contribution in [0.4, 0.5) is 5.69 Å². The zero-order valence-corrected chi connectivity index (χ0v) is 20.6. The van der Waals surface area contributed by atoms with Crippen LogP contribution in [-0.4, -0.2) is 4.57 Å². The standard InChI is InChI=1S/C31H18N2OS2/c1-4-10-22-19(8-1)27-23(15-13-18-17-7-2-5-11-24(17)36-30(18)27)33(22)31-32-21-14-16-26-28(29(21)34-31)20-9-3-6-12-25(20)35-26/h1-16,31-32H. The van der Waals surface area contributed by atoms with E-state index in [4.69, 9.17) is 4.74 Å². The molecule has 0 aliphatic carbocycles. The lowest BCUT2D eigenvalue weighted by Gasteiger charge is -2.16. The highest BCUT2D eigenvalue weighted by atomic mass is 32.1. The van der Waals surface area contributed by atoms with E-state index in [0.29, 0.717) is 0 Å². The van der Waals surface area contributed by atoms with E-state index in [9.17, 15) is 0 Å². The van der Waals surface area contributed by atoms with Crippen LogP contribution in [0.1, 0.15) is 6.35 Å². The molecule has 0 saturated carbocycles. The van der Waals surface area contributed by atoms with Crippen LogP contribution >= 0.6 is 22.7 Å². The van der Waals surface area contributed by atoms with E-state index in [-0.39, 0.29) is 6.35 Å². The van der Waals surface area contributed by atoms with Gasteiger partial charge in [-0.15, -0.1) is 22.7 Å². The molecule has 1 N–H and O–H groups in total. The summed E-state index contributed by atoms with van der Waals surface area (Å²) in [5.74, 6) is 0.948. The molecule has 1 aliphatic heterocycles. The van der Waals surface area contributed by atoms with Crippen molar-refractivity contribution in [1.82, 2.24) is 4.57 Å². The van der Waals surface area contributed by atoms with Crippen LogP contribution in [-0.2, 0) is 0 Å². The third-order valence-electron chi connectivity index (χ3n) is 7.46. The minimum atomic E-state index is -0.321. The zero-order chi connectivity index (χ0) is 23.4. The largest absolute Gasteiger partial charge is 0.449 e. The molecule has 3 aromatic heterocycles. The van der Waals surface area contributed by atoms with E-state index < -0.39 is 0 Å². The Hall–Kier alpha value is -4.06. The Balaban J connectivity index is 1.32. The lowest BCUT2D eigenvalue weighted by Crippen LogP contribution is -2.18. The van der Waals surface area contributed by atoms with E-state index in [1.54, 1.807) is 0 Å². The van der Waals surface area contributed by atoms with Gasteiger partial charge >= 0.3 is 0 Å². The molecule has 5 heteroatoms. The van der Waals surface area contributed by atoms with Crippen molar-refractivity contribution in [2.45, 2.75) is 6.35 Å². The summed E-state index contributed by atoms with van der Waals surface area (Å²) >= 11 is 3.70. The molecule has 0 fully saturated rings. The Morgan fingerprint density at radius 2 is 1.33 bits per heavy atom. The quantitative estimate of drug-likeness (QED) is 0.244. The SMILES string of the molecule is c1ccc2c(c1)sc1c2ccc2c1c1ccccc1n2C1Nc2ccc3sc4ccccc4c3c2O1. The number of rotatable bonds is 1. The highest BCUT2D eigenvalue weighted by Gasteiger charge is 2.30. The Labute approximate surface area is 213 Å². The second-order valence-electron chi connectivity index (χ2n) is 9.35. The number of anilines is 1. The third-order valence-corrected chi connectivity index (χ3v) is 9.80. The maximum Gasteiger partial charge on any atom is 0.255 e. The lowest BCUT2D eigenvalue weighted by atomic mass is 10.1. The van der Waals surface area contributed by atoms with E-state index in [0.717, 1.165) is 11.4 Å². The lowest BCUT2D eigenvalue weighted by molar-refractivity contribution is 0.195. The van der Waals surface area contributed by atoms with Gasteiger partial charge in [0, 0.05) is 51.1 Å². The van der Waals surface area contributed by atoms with Gasteiger partial charge in [-0.2, -0.15) is 0 Å². The van der Waals surface area contributed by atoms with Crippen molar-refractivity contribution in [3.05, 3.63) is 97.1 Å². The average Bonchev–Trinajstić information content (AvgIpc) is 3.67. The minimum Gasteiger partial charge on any atom is -0.449 e. The fourth-order valence-corrected chi connectivity index (χ4v) is 8.29. The van der Waals surface area contributed by atoms with Crippen molar-refractivity contribution in [2.75, 3.05) is 5.32 Å². The van der Waals surface area contributed by atoms with Gasteiger partial charge in [-0.1, -0.05) is 60.7 Å². The summed E-state index contributed by atoms with van der Waals surface area (Å²) in [5, 5.41) is 11.4. The Bertz CT molecular complexity index is 2180. The van der Waals surface area contributed by atoms with E-state index >= 15 is 0 Å². The Kier molecular flexibility index (Phi) is 3.61. The molecular weight excluding hydrogens is 480 g/mol. The fourth-order valence-electron chi connectivity index (χ4n) is 5.93. The van der Waals surface area contributed by atoms with Crippen LogP contribution in [0.15, 0.2) is 97.1 Å². The molecule has 0 saturated heterocycles. The number of thiophene rings is 2. The number of hydrogen-bond acceptors (Lipinski definition) is 4. The van der Waals surface area contributed by atoms with E-state index in [1.165, 1.54) is 62.2 Å². The number of hydrogen-bond donors (Lipinski definition) is 1. The summed E-state index contributed by atoms with van der Waals surface area (Å²) in [6, 6.07) is 34.9. The van der Waals surface area contributed by atoms with Crippen LogP contribution in [0.25, 0.3) is 62.2 Å². The van der Waals surface area contributed by atoms with E-state index in [2.05, 4.69) is 107 Å². The van der Waals surface area contributed by atoms with Crippen LogP contribution in [0.3, 0.4) is 0 Å². The zero-order valence-electron chi connectivity index (χ0n) is 19.0. The molecule has 1 unspecified atom stereocenters. The predicted octanol–water partition coefficient (Wildman–Crippen LogP) is 9.49.